The van der Waals surface area contributed by atoms with Crippen LogP contribution in [0.25, 0.3) is 87.6 Å². The number of hydrogen-bond donors (Lipinski definition) is 0. The molecule has 0 fully saturated rings. The van der Waals surface area contributed by atoms with Crippen LogP contribution in [0.15, 0.2) is 170 Å². The van der Waals surface area contributed by atoms with E-state index in [1.807, 2.05) is 0 Å². The minimum Gasteiger partial charge on any atom is -0.0622 e. The van der Waals surface area contributed by atoms with E-state index in [9.17, 15) is 0 Å². The topological polar surface area (TPSA) is 0 Å². The molecule has 204 valence electrons. The highest BCUT2D eigenvalue weighted by Crippen LogP contribution is 2.46. The zero-order valence-corrected chi connectivity index (χ0v) is 24.2. The van der Waals surface area contributed by atoms with Crippen LogP contribution in [0.1, 0.15) is 0 Å². The molecule has 0 unspecified atom stereocenters. The van der Waals surface area contributed by atoms with Crippen molar-refractivity contribution in [2.75, 3.05) is 0 Å². The zero-order chi connectivity index (χ0) is 29.0. The molecule has 9 aromatic rings. The maximum absolute atomic E-state index is 2.40. The Morgan fingerprint density at radius 1 is 0.227 bits per heavy atom. The second-order valence-electron chi connectivity index (χ2n) is 11.7. The van der Waals surface area contributed by atoms with Gasteiger partial charge in [-0.15, -0.1) is 0 Å². The summed E-state index contributed by atoms with van der Waals surface area (Å²) in [6.07, 6.45) is 0. The molecule has 0 amide bonds. The Morgan fingerprint density at radius 3 is 1.41 bits per heavy atom. The molecule has 9 rings (SSSR count). The second kappa shape index (κ2) is 9.93. The van der Waals surface area contributed by atoms with Crippen molar-refractivity contribution in [3.05, 3.63) is 170 Å². The number of benzene rings is 9. The van der Waals surface area contributed by atoms with E-state index in [1.54, 1.807) is 0 Å². The highest BCUT2D eigenvalue weighted by molar-refractivity contribution is 6.30. The van der Waals surface area contributed by atoms with Gasteiger partial charge in [-0.1, -0.05) is 158 Å². The van der Waals surface area contributed by atoms with Crippen molar-refractivity contribution in [1.29, 1.82) is 0 Å². The summed E-state index contributed by atoms with van der Waals surface area (Å²) in [5, 5.41) is 10.4. The van der Waals surface area contributed by atoms with Gasteiger partial charge in [0.25, 0.3) is 0 Å². The fourth-order valence-corrected chi connectivity index (χ4v) is 7.07. The van der Waals surface area contributed by atoms with Crippen molar-refractivity contribution < 1.29 is 0 Å². The molecule has 0 heterocycles. The normalized spacial score (nSPS) is 11.6. The van der Waals surface area contributed by atoms with Crippen molar-refractivity contribution in [2.24, 2.45) is 0 Å². The summed E-state index contributed by atoms with van der Waals surface area (Å²) in [6.45, 7) is 0. The Bertz CT molecular complexity index is 2450. The molecule has 0 saturated heterocycles. The summed E-state index contributed by atoms with van der Waals surface area (Å²) < 4.78 is 0. The molecule has 0 aliphatic rings. The third kappa shape index (κ3) is 3.92. The van der Waals surface area contributed by atoms with E-state index < -0.39 is 0 Å². The van der Waals surface area contributed by atoms with Gasteiger partial charge in [0.2, 0.25) is 0 Å². The first-order valence-electron chi connectivity index (χ1n) is 15.3. The van der Waals surface area contributed by atoms with Crippen LogP contribution >= 0.6 is 0 Å². The summed E-state index contributed by atoms with van der Waals surface area (Å²) in [5.74, 6) is 0. The van der Waals surface area contributed by atoms with Gasteiger partial charge >= 0.3 is 0 Å². The average molecular weight is 557 g/mol. The van der Waals surface area contributed by atoms with Gasteiger partial charge in [0, 0.05) is 0 Å². The summed E-state index contributed by atoms with van der Waals surface area (Å²) in [5.41, 5.74) is 10.00. The number of fused-ring (bicyclic) bond motifs is 1. The molecule has 0 saturated carbocycles. The van der Waals surface area contributed by atoms with E-state index >= 15 is 0 Å². The van der Waals surface area contributed by atoms with E-state index in [0.717, 1.165) is 0 Å². The first kappa shape index (κ1) is 24.8. The smallest absolute Gasteiger partial charge is 0.00141 e. The Hall–Kier alpha value is -5.72. The van der Waals surface area contributed by atoms with Crippen LogP contribution in [-0.2, 0) is 0 Å². The lowest BCUT2D eigenvalue weighted by molar-refractivity contribution is 1.61. The van der Waals surface area contributed by atoms with Gasteiger partial charge in [-0.25, -0.2) is 0 Å². The average Bonchev–Trinajstić information content (AvgIpc) is 3.11. The van der Waals surface area contributed by atoms with Crippen LogP contribution in [-0.4, -0.2) is 0 Å². The minimum atomic E-state index is 1.23. The highest BCUT2D eigenvalue weighted by atomic mass is 14.2. The monoisotopic (exact) mass is 556 g/mol. The summed E-state index contributed by atoms with van der Waals surface area (Å²) >= 11 is 0. The molecule has 0 atom stereocenters. The molecule has 0 aromatic heterocycles. The molecule has 0 nitrogen and oxygen atoms in total. The van der Waals surface area contributed by atoms with Crippen LogP contribution in [0.5, 0.6) is 0 Å². The van der Waals surface area contributed by atoms with E-state index in [0.29, 0.717) is 0 Å². The predicted molar refractivity (Wildman–Crippen MR) is 189 cm³/mol. The minimum absolute atomic E-state index is 1.23. The summed E-state index contributed by atoms with van der Waals surface area (Å²) in [7, 11) is 0. The van der Waals surface area contributed by atoms with Crippen LogP contribution in [0.4, 0.5) is 0 Å². The fourth-order valence-electron chi connectivity index (χ4n) is 7.07. The molecule has 9 aromatic carbocycles. The van der Waals surface area contributed by atoms with Crippen molar-refractivity contribution in [2.45, 2.75) is 0 Å². The molecule has 0 N–H and O–H groups in total. The molecule has 0 heteroatoms. The Kier molecular flexibility index (Phi) is 5.61. The van der Waals surface area contributed by atoms with E-state index in [-0.39, 0.29) is 0 Å². The Labute approximate surface area is 256 Å². The van der Waals surface area contributed by atoms with Crippen LogP contribution in [0.2, 0.25) is 0 Å². The molecule has 0 aliphatic carbocycles. The van der Waals surface area contributed by atoms with Gasteiger partial charge in [0.05, 0.1) is 0 Å². The zero-order valence-electron chi connectivity index (χ0n) is 24.2. The van der Waals surface area contributed by atoms with E-state index in [1.165, 1.54) is 87.6 Å². The van der Waals surface area contributed by atoms with Gasteiger partial charge in [0.15, 0.2) is 0 Å². The first-order valence-corrected chi connectivity index (χ1v) is 15.3. The largest absolute Gasteiger partial charge is 0.0622 e. The lowest BCUT2D eigenvalue weighted by atomic mass is 9.84. The molecule has 0 radical (unpaired) electrons. The molecule has 0 spiro atoms. The first-order chi connectivity index (χ1) is 21.8. The van der Waals surface area contributed by atoms with Crippen LogP contribution < -0.4 is 0 Å². The van der Waals surface area contributed by atoms with Crippen molar-refractivity contribution in [1.82, 2.24) is 0 Å². The predicted octanol–water partition coefficient (Wildman–Crippen LogP) is 12.4. The second-order valence-corrected chi connectivity index (χ2v) is 11.7. The third-order valence-corrected chi connectivity index (χ3v) is 9.23. The van der Waals surface area contributed by atoms with Crippen molar-refractivity contribution >= 4 is 43.1 Å². The molecular formula is C44H28. The SMILES string of the molecule is c1ccc(-c2ccc3ccc4c(-c5ccccc5)cc(-c5ccc(-c6ccc7ccccc7c6)cc5)c5ccc2c3c45)cc1. The van der Waals surface area contributed by atoms with Crippen LogP contribution in [0.3, 0.4) is 0 Å². The van der Waals surface area contributed by atoms with Crippen molar-refractivity contribution in [3.8, 4) is 44.5 Å². The standard InChI is InChI=1S/C44H28/c1-3-10-31(11-4-1)37-23-21-34-22-24-39-41(32-12-5-2-6-13-32)28-42(40-26-25-38(37)43(34)44(39)40)33-18-15-30(16-19-33)36-20-17-29-9-7-8-14-35(29)27-36/h1-28H. The Morgan fingerprint density at radius 2 is 0.705 bits per heavy atom. The molecule has 0 aliphatic heterocycles. The third-order valence-electron chi connectivity index (χ3n) is 9.23. The van der Waals surface area contributed by atoms with E-state index in [2.05, 4.69) is 170 Å². The van der Waals surface area contributed by atoms with Gasteiger partial charge in [-0.2, -0.15) is 0 Å². The Balaban J connectivity index is 1.29. The van der Waals surface area contributed by atoms with E-state index in [4.69, 9.17) is 0 Å². The maximum atomic E-state index is 2.40. The van der Waals surface area contributed by atoms with Gasteiger partial charge in [0.1, 0.15) is 0 Å². The van der Waals surface area contributed by atoms with Gasteiger partial charge in [-0.3, -0.25) is 0 Å². The molecule has 0 bridgehead atoms. The molecule has 44 heavy (non-hydrogen) atoms. The quantitative estimate of drug-likeness (QED) is 0.189. The maximum Gasteiger partial charge on any atom is -0.00141 e. The number of rotatable bonds is 4. The molecular weight excluding hydrogens is 528 g/mol. The summed E-state index contributed by atoms with van der Waals surface area (Å²) in [6, 6.07) is 62.3. The van der Waals surface area contributed by atoms with Gasteiger partial charge in [-0.05, 0) is 99.7 Å². The van der Waals surface area contributed by atoms with Gasteiger partial charge < -0.3 is 0 Å². The highest BCUT2D eigenvalue weighted by Gasteiger charge is 2.18. The summed E-state index contributed by atoms with van der Waals surface area (Å²) in [4.78, 5) is 0. The van der Waals surface area contributed by atoms with Crippen molar-refractivity contribution in [3.63, 3.8) is 0 Å². The lowest BCUT2D eigenvalue weighted by Crippen LogP contribution is -1.92. The fraction of sp³-hybridized carbons (Fsp3) is 0. The van der Waals surface area contributed by atoms with Crippen LogP contribution in [0, 0.1) is 0 Å². The lowest BCUT2D eigenvalue weighted by Gasteiger charge is -2.19. The number of hydrogen-bond acceptors (Lipinski definition) is 0.